The van der Waals surface area contributed by atoms with Gasteiger partial charge in [0.25, 0.3) is 5.91 Å². The molecule has 2 aromatic rings. The molecule has 138 valence electrons. The summed E-state index contributed by atoms with van der Waals surface area (Å²) in [5.74, 6) is 0.946. The van der Waals surface area contributed by atoms with Crippen LogP contribution >= 0.6 is 15.9 Å². The van der Waals surface area contributed by atoms with Crippen LogP contribution in [-0.4, -0.2) is 45.7 Å². The number of methoxy groups -OCH3 is 1. The fourth-order valence-corrected chi connectivity index (χ4v) is 3.73. The quantitative estimate of drug-likeness (QED) is 0.781. The lowest BCUT2D eigenvalue weighted by molar-refractivity contribution is -0.892. The maximum absolute atomic E-state index is 12.4. The second-order valence-electron chi connectivity index (χ2n) is 6.62. The second kappa shape index (κ2) is 8.56. The number of nitrogens with zero attached hydrogens (tertiary/aromatic N) is 1. The number of hydrogen-bond donors (Lipinski definition) is 2. The molecule has 1 aliphatic heterocycles. The first-order valence-corrected chi connectivity index (χ1v) is 9.63. The molecular weight excluding hydrogens is 394 g/mol. The van der Waals surface area contributed by atoms with E-state index in [1.54, 1.807) is 7.11 Å². The molecule has 0 aliphatic carbocycles. The zero-order valence-corrected chi connectivity index (χ0v) is 16.8. The largest absolute Gasteiger partial charge is 0.497 e. The summed E-state index contributed by atoms with van der Waals surface area (Å²) in [5.41, 5.74) is 3.12. The first kappa shape index (κ1) is 18.7. The van der Waals surface area contributed by atoms with Crippen LogP contribution in [0.15, 0.2) is 46.9 Å². The van der Waals surface area contributed by atoms with Gasteiger partial charge in [0.1, 0.15) is 5.75 Å². The smallest absolute Gasteiger partial charge is 0.279 e. The van der Waals surface area contributed by atoms with E-state index >= 15 is 0 Å². The monoisotopic (exact) mass is 418 g/mol. The van der Waals surface area contributed by atoms with E-state index in [4.69, 9.17) is 4.74 Å². The number of ether oxygens (including phenoxy) is 1. The van der Waals surface area contributed by atoms with E-state index < -0.39 is 0 Å². The molecule has 0 bridgehead atoms. The van der Waals surface area contributed by atoms with Crippen LogP contribution < -0.4 is 19.9 Å². The molecule has 26 heavy (non-hydrogen) atoms. The summed E-state index contributed by atoms with van der Waals surface area (Å²) in [5, 5.41) is 3.03. The van der Waals surface area contributed by atoms with Gasteiger partial charge in [-0.1, -0.05) is 22.0 Å². The van der Waals surface area contributed by atoms with E-state index in [2.05, 4.69) is 38.3 Å². The third-order valence-corrected chi connectivity index (χ3v) is 5.26. The summed E-state index contributed by atoms with van der Waals surface area (Å²) in [6.07, 6.45) is 0. The molecular formula is C20H25BrN3O2+. The highest BCUT2D eigenvalue weighted by atomic mass is 79.9. The van der Waals surface area contributed by atoms with Gasteiger partial charge in [-0.15, -0.1) is 0 Å². The van der Waals surface area contributed by atoms with E-state index in [9.17, 15) is 4.79 Å². The number of piperazine rings is 1. The van der Waals surface area contributed by atoms with Crippen LogP contribution in [0, 0.1) is 6.92 Å². The van der Waals surface area contributed by atoms with Gasteiger partial charge in [-0.3, -0.25) is 4.79 Å². The van der Waals surface area contributed by atoms with Gasteiger partial charge < -0.3 is 19.9 Å². The minimum absolute atomic E-state index is 0.0697. The first-order valence-electron chi connectivity index (χ1n) is 8.84. The minimum Gasteiger partial charge on any atom is -0.497 e. The molecule has 1 saturated heterocycles. The van der Waals surface area contributed by atoms with Gasteiger partial charge in [-0.2, -0.15) is 0 Å². The molecule has 3 rings (SSSR count). The summed E-state index contributed by atoms with van der Waals surface area (Å²) < 4.78 is 6.33. The van der Waals surface area contributed by atoms with Crippen molar-refractivity contribution in [1.82, 2.24) is 0 Å². The number of hydrogen-bond acceptors (Lipinski definition) is 3. The number of rotatable bonds is 5. The standard InChI is InChI=1S/C20H24BrN3O2/c1-15-12-16(21)6-7-19(15)22-20(25)14-23-8-10-24(11-9-23)17-4-3-5-18(13-17)26-2/h3-7,12-13H,8-11,14H2,1-2H3,(H,22,25)/p+1. The lowest BCUT2D eigenvalue weighted by atomic mass is 10.2. The number of aryl methyl sites for hydroxylation is 1. The Morgan fingerprint density at radius 3 is 2.69 bits per heavy atom. The molecule has 0 spiro atoms. The number of halogens is 1. The number of nitrogens with one attached hydrogen (secondary N) is 2. The molecule has 1 fully saturated rings. The predicted octanol–water partition coefficient (Wildman–Crippen LogP) is 2.11. The number of anilines is 2. The second-order valence-corrected chi connectivity index (χ2v) is 7.54. The number of amides is 1. The van der Waals surface area contributed by atoms with Crippen molar-refractivity contribution in [2.45, 2.75) is 6.92 Å². The van der Waals surface area contributed by atoms with Gasteiger partial charge in [0.2, 0.25) is 0 Å². The Morgan fingerprint density at radius 1 is 1.23 bits per heavy atom. The third-order valence-electron chi connectivity index (χ3n) is 4.76. The molecule has 0 radical (unpaired) electrons. The summed E-state index contributed by atoms with van der Waals surface area (Å²) in [6.45, 7) is 6.27. The van der Waals surface area contributed by atoms with E-state index in [0.717, 1.165) is 47.7 Å². The molecule has 1 aliphatic rings. The van der Waals surface area contributed by atoms with Gasteiger partial charge in [-0.25, -0.2) is 0 Å². The van der Waals surface area contributed by atoms with Crippen molar-refractivity contribution < 1.29 is 14.4 Å². The molecule has 1 amide bonds. The van der Waals surface area contributed by atoms with Gasteiger partial charge >= 0.3 is 0 Å². The number of carbonyl (C=O) groups is 1. The summed E-state index contributed by atoms with van der Waals surface area (Å²) >= 11 is 3.45. The fourth-order valence-electron chi connectivity index (χ4n) is 3.25. The van der Waals surface area contributed by atoms with Crippen molar-refractivity contribution in [3.8, 4) is 5.75 Å². The molecule has 6 heteroatoms. The van der Waals surface area contributed by atoms with Crippen molar-refractivity contribution in [3.05, 3.63) is 52.5 Å². The minimum atomic E-state index is 0.0697. The van der Waals surface area contributed by atoms with Crippen molar-refractivity contribution in [2.75, 3.05) is 50.1 Å². The van der Waals surface area contributed by atoms with E-state index in [1.807, 2.05) is 37.3 Å². The average molecular weight is 419 g/mol. The number of quaternary nitrogens is 1. The Hall–Kier alpha value is -2.05. The SMILES string of the molecule is COc1cccc(N2CC[NH+](CC(=O)Nc3ccc(Br)cc3C)CC2)c1. The lowest BCUT2D eigenvalue weighted by Crippen LogP contribution is -3.15. The molecule has 0 atom stereocenters. The van der Waals surface area contributed by atoms with Crippen LogP contribution in [0.4, 0.5) is 11.4 Å². The normalized spacial score (nSPS) is 15.0. The van der Waals surface area contributed by atoms with Gasteiger partial charge in [-0.05, 0) is 42.8 Å². The van der Waals surface area contributed by atoms with Gasteiger partial charge in [0.15, 0.2) is 6.54 Å². The van der Waals surface area contributed by atoms with Crippen LogP contribution in [0.5, 0.6) is 5.75 Å². The Morgan fingerprint density at radius 2 is 2.00 bits per heavy atom. The first-order chi connectivity index (χ1) is 12.5. The van der Waals surface area contributed by atoms with Gasteiger partial charge in [0, 0.05) is 21.9 Å². The Labute approximate surface area is 163 Å². The van der Waals surface area contributed by atoms with Crippen molar-refractivity contribution in [3.63, 3.8) is 0 Å². The topological polar surface area (TPSA) is 46.0 Å². The number of benzene rings is 2. The van der Waals surface area contributed by atoms with Crippen molar-refractivity contribution in [2.24, 2.45) is 0 Å². The van der Waals surface area contributed by atoms with Crippen LogP contribution in [0.2, 0.25) is 0 Å². The maximum atomic E-state index is 12.4. The number of carbonyl (C=O) groups excluding carboxylic acids is 1. The highest BCUT2D eigenvalue weighted by Gasteiger charge is 2.22. The third kappa shape index (κ3) is 4.77. The highest BCUT2D eigenvalue weighted by molar-refractivity contribution is 9.10. The summed E-state index contributed by atoms with van der Waals surface area (Å²) in [4.78, 5) is 16.0. The van der Waals surface area contributed by atoms with Crippen LogP contribution in [-0.2, 0) is 4.79 Å². The van der Waals surface area contributed by atoms with E-state index in [0.29, 0.717) is 6.54 Å². The highest BCUT2D eigenvalue weighted by Crippen LogP contribution is 2.21. The van der Waals surface area contributed by atoms with Crippen LogP contribution in [0.1, 0.15) is 5.56 Å². The zero-order valence-electron chi connectivity index (χ0n) is 15.2. The lowest BCUT2D eigenvalue weighted by Gasteiger charge is -2.33. The van der Waals surface area contributed by atoms with Crippen molar-refractivity contribution in [1.29, 1.82) is 0 Å². The van der Waals surface area contributed by atoms with E-state index in [-0.39, 0.29) is 5.91 Å². The Bertz CT molecular complexity index is 773. The fraction of sp³-hybridized carbons (Fsp3) is 0.350. The summed E-state index contributed by atoms with van der Waals surface area (Å²) in [6, 6.07) is 14.0. The molecule has 0 unspecified atom stereocenters. The summed E-state index contributed by atoms with van der Waals surface area (Å²) in [7, 11) is 1.69. The molecule has 1 heterocycles. The van der Waals surface area contributed by atoms with Crippen molar-refractivity contribution >= 4 is 33.2 Å². The molecule has 0 saturated carbocycles. The van der Waals surface area contributed by atoms with Crippen LogP contribution in [0.25, 0.3) is 0 Å². The van der Waals surface area contributed by atoms with Crippen LogP contribution in [0.3, 0.4) is 0 Å². The van der Waals surface area contributed by atoms with E-state index in [1.165, 1.54) is 10.6 Å². The average Bonchev–Trinajstić information content (AvgIpc) is 2.65. The molecule has 5 nitrogen and oxygen atoms in total. The molecule has 2 aromatic carbocycles. The zero-order chi connectivity index (χ0) is 18.5. The Kier molecular flexibility index (Phi) is 6.16. The molecule has 0 aromatic heterocycles. The maximum Gasteiger partial charge on any atom is 0.279 e. The Balaban J connectivity index is 1.51. The van der Waals surface area contributed by atoms with Gasteiger partial charge in [0.05, 0.1) is 33.3 Å². The molecule has 2 N–H and O–H groups in total. The predicted molar refractivity (Wildman–Crippen MR) is 108 cm³/mol.